The summed E-state index contributed by atoms with van der Waals surface area (Å²) >= 11 is 0. The summed E-state index contributed by atoms with van der Waals surface area (Å²) in [5, 5.41) is 22.2. The molecule has 5 aliphatic rings. The van der Waals surface area contributed by atoms with Crippen molar-refractivity contribution in [2.24, 2.45) is 23.7 Å². The number of carboxylic acids is 2. The first kappa shape index (κ1) is 33.6. The average Bonchev–Trinajstić information content (AvgIpc) is 3.04. The SMILES string of the molecule is O=C(O)C1CCCCC1CONC1CCC(OC2CCC(OC3CCC(NC(=O)C4CCCCC4C(=O)O)CC3)CC2)CC1. The number of amides is 1. The van der Waals surface area contributed by atoms with Gasteiger partial charge in [0.15, 0.2) is 0 Å². The van der Waals surface area contributed by atoms with Crippen LogP contribution in [0, 0.1) is 23.7 Å². The van der Waals surface area contributed by atoms with E-state index in [1.54, 1.807) is 0 Å². The zero-order valence-corrected chi connectivity index (χ0v) is 26.5. The number of hydrogen-bond donors (Lipinski definition) is 4. The van der Waals surface area contributed by atoms with Crippen molar-refractivity contribution in [2.45, 2.75) is 165 Å². The second kappa shape index (κ2) is 16.7. The van der Waals surface area contributed by atoms with Crippen LogP contribution in [-0.2, 0) is 28.7 Å². The number of carbonyl (C=O) groups is 3. The third-order valence-corrected chi connectivity index (χ3v) is 11.3. The van der Waals surface area contributed by atoms with E-state index in [-0.39, 0.29) is 41.9 Å². The molecule has 44 heavy (non-hydrogen) atoms. The molecule has 250 valence electrons. The molecule has 5 aliphatic carbocycles. The van der Waals surface area contributed by atoms with Crippen LogP contribution < -0.4 is 10.8 Å². The molecule has 0 radical (unpaired) electrons. The van der Waals surface area contributed by atoms with Gasteiger partial charge in [-0.25, -0.2) is 0 Å². The summed E-state index contributed by atoms with van der Waals surface area (Å²) in [4.78, 5) is 41.8. The molecule has 4 atom stereocenters. The van der Waals surface area contributed by atoms with Crippen LogP contribution in [0.2, 0.25) is 0 Å². The van der Waals surface area contributed by atoms with E-state index < -0.39 is 17.9 Å². The number of nitrogens with one attached hydrogen (secondary N) is 2. The number of hydroxylamine groups is 1. The van der Waals surface area contributed by atoms with Crippen LogP contribution >= 0.6 is 0 Å². The van der Waals surface area contributed by atoms with Crippen LogP contribution in [0.15, 0.2) is 0 Å². The van der Waals surface area contributed by atoms with Crippen molar-refractivity contribution in [2.75, 3.05) is 6.61 Å². The third-order valence-electron chi connectivity index (χ3n) is 11.3. The van der Waals surface area contributed by atoms with E-state index in [0.717, 1.165) is 116 Å². The van der Waals surface area contributed by atoms with Crippen molar-refractivity contribution in [3.8, 4) is 0 Å². The molecule has 0 bridgehead atoms. The van der Waals surface area contributed by atoms with E-state index in [2.05, 4.69) is 10.8 Å². The normalized spacial score (nSPS) is 38.5. The van der Waals surface area contributed by atoms with Gasteiger partial charge in [0.05, 0.1) is 48.8 Å². The van der Waals surface area contributed by atoms with Gasteiger partial charge in [-0.05, 0) is 109 Å². The topological polar surface area (TPSA) is 143 Å². The molecule has 0 aliphatic heterocycles. The standard InChI is InChI=1S/C34H56N2O8/c37-32(30-7-3-4-8-31(30)34(40)41)35-23-9-13-25(14-10-23)43-27-17-19-28(20-18-27)44-26-15-11-24(12-16-26)36-42-21-22-5-1-2-6-29(22)33(38)39/h22-31,36H,1-21H2,(H,35,37)(H,38,39)(H,40,41). The highest BCUT2D eigenvalue weighted by molar-refractivity contribution is 5.85. The predicted molar refractivity (Wildman–Crippen MR) is 164 cm³/mol. The van der Waals surface area contributed by atoms with E-state index in [0.29, 0.717) is 37.7 Å². The van der Waals surface area contributed by atoms with Crippen molar-refractivity contribution in [3.63, 3.8) is 0 Å². The Balaban J connectivity index is 0.912. The van der Waals surface area contributed by atoms with Gasteiger partial charge >= 0.3 is 11.9 Å². The van der Waals surface area contributed by atoms with Gasteiger partial charge in [-0.2, -0.15) is 5.48 Å². The molecule has 4 N–H and O–H groups in total. The zero-order chi connectivity index (χ0) is 30.9. The maximum atomic E-state index is 12.9. The Morgan fingerprint density at radius 1 is 0.523 bits per heavy atom. The van der Waals surface area contributed by atoms with Gasteiger partial charge in [-0.15, -0.1) is 0 Å². The van der Waals surface area contributed by atoms with Gasteiger partial charge in [0, 0.05) is 12.1 Å². The Hall–Kier alpha value is -1.75. The fraction of sp³-hybridized carbons (Fsp3) is 0.912. The maximum absolute atomic E-state index is 12.9. The number of aliphatic carboxylic acids is 2. The average molecular weight is 621 g/mol. The third kappa shape index (κ3) is 9.63. The highest BCUT2D eigenvalue weighted by Crippen LogP contribution is 2.34. The summed E-state index contributed by atoms with van der Waals surface area (Å²) in [6.45, 7) is 0.478. The molecule has 1 amide bonds. The minimum atomic E-state index is -0.836. The lowest BCUT2D eigenvalue weighted by molar-refractivity contribution is -0.149. The predicted octanol–water partition coefficient (Wildman–Crippen LogP) is 5.37. The van der Waals surface area contributed by atoms with Crippen molar-refractivity contribution in [3.05, 3.63) is 0 Å². The van der Waals surface area contributed by atoms with E-state index in [9.17, 15) is 24.6 Å². The monoisotopic (exact) mass is 620 g/mol. The summed E-state index contributed by atoms with van der Waals surface area (Å²) in [6.07, 6.45) is 19.9. The van der Waals surface area contributed by atoms with E-state index in [1.165, 1.54) is 0 Å². The van der Waals surface area contributed by atoms with E-state index in [4.69, 9.17) is 14.3 Å². The lowest BCUT2D eigenvalue weighted by Crippen LogP contribution is -2.46. The quantitative estimate of drug-likeness (QED) is 0.212. The van der Waals surface area contributed by atoms with Crippen LogP contribution in [0.25, 0.3) is 0 Å². The van der Waals surface area contributed by atoms with Gasteiger partial charge in [0.25, 0.3) is 0 Å². The molecule has 0 saturated heterocycles. The molecular weight excluding hydrogens is 564 g/mol. The van der Waals surface area contributed by atoms with Crippen LogP contribution in [0.1, 0.15) is 128 Å². The highest BCUT2D eigenvalue weighted by Gasteiger charge is 2.37. The number of hydrogen-bond acceptors (Lipinski definition) is 7. The lowest BCUT2D eigenvalue weighted by Gasteiger charge is -2.37. The second-order valence-corrected chi connectivity index (χ2v) is 14.4. The molecule has 0 heterocycles. The highest BCUT2D eigenvalue weighted by atomic mass is 16.6. The molecule has 5 rings (SSSR count). The van der Waals surface area contributed by atoms with Gasteiger partial charge in [-0.3, -0.25) is 14.4 Å². The molecule has 0 aromatic heterocycles. The Morgan fingerprint density at radius 3 is 1.48 bits per heavy atom. The number of carbonyl (C=O) groups excluding carboxylic acids is 1. The van der Waals surface area contributed by atoms with Gasteiger partial charge in [-0.1, -0.05) is 25.7 Å². The van der Waals surface area contributed by atoms with Crippen molar-refractivity contribution < 1.29 is 38.9 Å². The second-order valence-electron chi connectivity index (χ2n) is 14.4. The summed E-state index contributed by atoms with van der Waals surface area (Å²) in [7, 11) is 0. The van der Waals surface area contributed by atoms with Gasteiger partial charge in [0.2, 0.25) is 5.91 Å². The molecule has 0 spiro atoms. The molecule has 0 aromatic rings. The Morgan fingerprint density at radius 2 is 0.955 bits per heavy atom. The Bertz CT molecular complexity index is 924. The Labute approximate surface area is 262 Å². The summed E-state index contributed by atoms with van der Waals surface area (Å²) in [5.41, 5.74) is 3.22. The minimum absolute atomic E-state index is 0.0665. The first-order valence-corrected chi connectivity index (χ1v) is 17.8. The largest absolute Gasteiger partial charge is 0.481 e. The summed E-state index contributed by atoms with van der Waals surface area (Å²) in [6, 6.07) is 0.434. The fourth-order valence-electron chi connectivity index (χ4n) is 8.56. The molecule has 5 saturated carbocycles. The van der Waals surface area contributed by atoms with Crippen molar-refractivity contribution in [1.82, 2.24) is 10.8 Å². The fourth-order valence-corrected chi connectivity index (χ4v) is 8.56. The Kier molecular flexibility index (Phi) is 12.8. The molecule has 5 fully saturated rings. The van der Waals surface area contributed by atoms with E-state index >= 15 is 0 Å². The lowest BCUT2D eigenvalue weighted by atomic mass is 9.78. The van der Waals surface area contributed by atoms with Crippen LogP contribution in [-0.4, -0.2) is 71.2 Å². The van der Waals surface area contributed by atoms with Crippen LogP contribution in [0.3, 0.4) is 0 Å². The van der Waals surface area contributed by atoms with Crippen LogP contribution in [0.4, 0.5) is 0 Å². The molecule has 0 aromatic carbocycles. The van der Waals surface area contributed by atoms with Crippen molar-refractivity contribution in [1.29, 1.82) is 0 Å². The minimum Gasteiger partial charge on any atom is -0.481 e. The molecular formula is C34H56N2O8. The number of rotatable bonds is 12. The van der Waals surface area contributed by atoms with Gasteiger partial charge in [0.1, 0.15) is 0 Å². The first-order chi connectivity index (χ1) is 21.4. The van der Waals surface area contributed by atoms with E-state index in [1.807, 2.05) is 0 Å². The smallest absolute Gasteiger partial charge is 0.307 e. The van der Waals surface area contributed by atoms with Crippen molar-refractivity contribution >= 4 is 17.8 Å². The summed E-state index contributed by atoms with van der Waals surface area (Å²) < 4.78 is 13.0. The molecule has 4 unspecified atom stereocenters. The van der Waals surface area contributed by atoms with Gasteiger partial charge < -0.3 is 29.8 Å². The summed E-state index contributed by atoms with van der Waals surface area (Å²) in [5.74, 6) is -2.68. The zero-order valence-electron chi connectivity index (χ0n) is 26.5. The maximum Gasteiger partial charge on any atom is 0.307 e. The first-order valence-electron chi connectivity index (χ1n) is 17.8. The molecule has 10 heteroatoms. The number of carboxylic acid groups (broad SMARTS) is 2. The molecule has 10 nitrogen and oxygen atoms in total. The van der Waals surface area contributed by atoms with Crippen LogP contribution in [0.5, 0.6) is 0 Å². The number of ether oxygens (including phenoxy) is 2.